The molecule has 0 bridgehead atoms. The van der Waals surface area contributed by atoms with Gasteiger partial charge in [-0.3, -0.25) is 9.35 Å². The molecule has 0 aromatic carbocycles. The lowest BCUT2D eigenvalue weighted by atomic mass is 10.6. The number of carbonyl (C=O) groups is 1. The Bertz CT molecular complexity index is 263. The Labute approximate surface area is 64.4 Å². The van der Waals surface area contributed by atoms with Gasteiger partial charge in [0, 0.05) is 6.92 Å². The number of hydrogen-bond acceptors (Lipinski definition) is 4. The normalized spacial score (nSPS) is 10.7. The molecule has 0 aromatic heterocycles. The molecule has 0 spiro atoms. The van der Waals surface area contributed by atoms with Crippen molar-refractivity contribution < 1.29 is 22.5 Å². The molecule has 0 heterocycles. The lowest BCUT2D eigenvalue weighted by Gasteiger charge is -2.01. The lowest BCUT2D eigenvalue weighted by molar-refractivity contribution is -0.136. The number of esters is 1. The van der Waals surface area contributed by atoms with Crippen LogP contribution in [0.3, 0.4) is 0 Å². The second-order valence-corrected chi connectivity index (χ2v) is 3.31. The van der Waals surface area contributed by atoms with E-state index in [1.165, 1.54) is 0 Å². The SMILES string of the molecule is C=C(CS(=O)(=O)O)OC(C)=O. The lowest BCUT2D eigenvalue weighted by Crippen LogP contribution is -2.10. The Morgan fingerprint density at radius 2 is 2.09 bits per heavy atom. The van der Waals surface area contributed by atoms with Crippen molar-refractivity contribution in [3.63, 3.8) is 0 Å². The molecule has 6 heteroatoms. The molecule has 0 radical (unpaired) electrons. The summed E-state index contributed by atoms with van der Waals surface area (Å²) in [4.78, 5) is 10.2. The summed E-state index contributed by atoms with van der Waals surface area (Å²) in [6, 6.07) is 0. The van der Waals surface area contributed by atoms with Crippen LogP contribution < -0.4 is 0 Å². The molecule has 1 N–H and O–H groups in total. The molecular formula is C5H8O5S. The zero-order chi connectivity index (χ0) is 9.07. The van der Waals surface area contributed by atoms with E-state index in [0.29, 0.717) is 0 Å². The van der Waals surface area contributed by atoms with Crippen LogP contribution in [-0.2, 0) is 19.6 Å². The molecule has 0 amide bonds. The van der Waals surface area contributed by atoms with Crippen molar-refractivity contribution in [1.82, 2.24) is 0 Å². The maximum atomic E-state index is 10.2. The van der Waals surface area contributed by atoms with Gasteiger partial charge in [-0.15, -0.1) is 0 Å². The van der Waals surface area contributed by atoms with E-state index in [1.807, 2.05) is 0 Å². The summed E-state index contributed by atoms with van der Waals surface area (Å²) < 4.78 is 32.7. The number of carbonyl (C=O) groups excluding carboxylic acids is 1. The maximum absolute atomic E-state index is 10.2. The third-order valence-electron chi connectivity index (χ3n) is 0.631. The van der Waals surface area contributed by atoms with Crippen LogP contribution >= 0.6 is 0 Å². The molecular weight excluding hydrogens is 172 g/mol. The second-order valence-electron chi connectivity index (χ2n) is 1.86. The minimum absolute atomic E-state index is 0.292. The first-order valence-corrected chi connectivity index (χ1v) is 4.23. The van der Waals surface area contributed by atoms with Crippen molar-refractivity contribution in [2.75, 3.05) is 5.75 Å². The van der Waals surface area contributed by atoms with E-state index in [4.69, 9.17) is 4.55 Å². The zero-order valence-electron chi connectivity index (χ0n) is 5.90. The first-order valence-electron chi connectivity index (χ1n) is 2.62. The van der Waals surface area contributed by atoms with Crippen LogP contribution in [0.15, 0.2) is 12.3 Å². The number of rotatable bonds is 3. The Hall–Kier alpha value is -0.880. The third-order valence-corrected chi connectivity index (χ3v) is 1.32. The molecule has 0 fully saturated rings. The van der Waals surface area contributed by atoms with Gasteiger partial charge in [0.15, 0.2) is 0 Å². The minimum atomic E-state index is -4.15. The highest BCUT2D eigenvalue weighted by Crippen LogP contribution is 1.97. The fraction of sp³-hybridized carbons (Fsp3) is 0.400. The van der Waals surface area contributed by atoms with Crippen LogP contribution in [-0.4, -0.2) is 24.7 Å². The minimum Gasteiger partial charge on any atom is -0.431 e. The van der Waals surface area contributed by atoms with E-state index in [1.54, 1.807) is 0 Å². The van der Waals surface area contributed by atoms with Gasteiger partial charge >= 0.3 is 5.97 Å². The Balaban J connectivity index is 4.01. The molecule has 0 aliphatic heterocycles. The van der Waals surface area contributed by atoms with E-state index >= 15 is 0 Å². The monoisotopic (exact) mass is 180 g/mol. The summed E-state index contributed by atoms with van der Waals surface area (Å²) in [7, 11) is -4.15. The van der Waals surface area contributed by atoms with Crippen molar-refractivity contribution in [3.8, 4) is 0 Å². The molecule has 5 nitrogen and oxygen atoms in total. The number of hydrogen-bond donors (Lipinski definition) is 1. The van der Waals surface area contributed by atoms with Crippen molar-refractivity contribution >= 4 is 16.1 Å². The summed E-state index contributed by atoms with van der Waals surface area (Å²) in [5, 5.41) is 0. The van der Waals surface area contributed by atoms with Crippen molar-refractivity contribution in [3.05, 3.63) is 12.3 Å². The van der Waals surface area contributed by atoms with Crippen LogP contribution in [0.1, 0.15) is 6.92 Å². The van der Waals surface area contributed by atoms with Gasteiger partial charge in [-0.05, 0) is 0 Å². The highest BCUT2D eigenvalue weighted by atomic mass is 32.2. The van der Waals surface area contributed by atoms with Crippen LogP contribution in [0.5, 0.6) is 0 Å². The third kappa shape index (κ3) is 7.01. The van der Waals surface area contributed by atoms with Gasteiger partial charge in [-0.2, -0.15) is 8.42 Å². The largest absolute Gasteiger partial charge is 0.431 e. The first-order chi connectivity index (χ1) is 4.81. The Kier molecular flexibility index (Phi) is 3.21. The van der Waals surface area contributed by atoms with E-state index in [-0.39, 0.29) is 5.76 Å². The molecule has 64 valence electrons. The average Bonchev–Trinajstić information content (AvgIpc) is 1.53. The Morgan fingerprint density at radius 3 is 2.36 bits per heavy atom. The molecule has 0 aromatic rings. The van der Waals surface area contributed by atoms with Crippen LogP contribution in [0.25, 0.3) is 0 Å². The van der Waals surface area contributed by atoms with E-state index in [9.17, 15) is 13.2 Å². The van der Waals surface area contributed by atoms with Crippen molar-refractivity contribution in [2.24, 2.45) is 0 Å². The summed E-state index contributed by atoms with van der Waals surface area (Å²) in [6.45, 7) is 4.20. The van der Waals surface area contributed by atoms with Gasteiger partial charge in [0.1, 0.15) is 11.5 Å². The van der Waals surface area contributed by atoms with Gasteiger partial charge < -0.3 is 4.74 Å². The van der Waals surface area contributed by atoms with Crippen LogP contribution in [0, 0.1) is 0 Å². The van der Waals surface area contributed by atoms with E-state index in [0.717, 1.165) is 6.92 Å². The summed E-state index contributed by atoms with van der Waals surface area (Å²) >= 11 is 0. The fourth-order valence-corrected chi connectivity index (χ4v) is 0.902. The van der Waals surface area contributed by atoms with E-state index < -0.39 is 21.8 Å². The molecule has 0 rings (SSSR count). The van der Waals surface area contributed by atoms with Gasteiger partial charge in [0.2, 0.25) is 0 Å². The molecule has 0 saturated heterocycles. The van der Waals surface area contributed by atoms with Gasteiger partial charge in [-0.25, -0.2) is 0 Å². The summed E-state index contributed by atoms with van der Waals surface area (Å²) in [6.07, 6.45) is 0. The molecule has 0 aliphatic carbocycles. The summed E-state index contributed by atoms with van der Waals surface area (Å²) in [5.41, 5.74) is 0. The highest BCUT2D eigenvalue weighted by Gasteiger charge is 2.09. The second kappa shape index (κ2) is 3.49. The number of ether oxygens (including phenoxy) is 1. The Morgan fingerprint density at radius 1 is 1.64 bits per heavy atom. The quantitative estimate of drug-likeness (QED) is 0.374. The molecule has 0 aliphatic rings. The van der Waals surface area contributed by atoms with Crippen molar-refractivity contribution in [1.29, 1.82) is 0 Å². The average molecular weight is 180 g/mol. The molecule has 0 atom stereocenters. The zero-order valence-corrected chi connectivity index (χ0v) is 6.72. The first kappa shape index (κ1) is 10.1. The maximum Gasteiger partial charge on any atom is 0.307 e. The predicted molar refractivity (Wildman–Crippen MR) is 37.3 cm³/mol. The van der Waals surface area contributed by atoms with Gasteiger partial charge in [0.05, 0.1) is 0 Å². The van der Waals surface area contributed by atoms with Crippen LogP contribution in [0.4, 0.5) is 0 Å². The highest BCUT2D eigenvalue weighted by molar-refractivity contribution is 7.85. The van der Waals surface area contributed by atoms with Gasteiger partial charge in [0.25, 0.3) is 10.1 Å². The van der Waals surface area contributed by atoms with E-state index in [2.05, 4.69) is 11.3 Å². The smallest absolute Gasteiger partial charge is 0.307 e. The topological polar surface area (TPSA) is 80.7 Å². The van der Waals surface area contributed by atoms with Gasteiger partial charge in [-0.1, -0.05) is 6.58 Å². The molecule has 0 unspecified atom stereocenters. The predicted octanol–water partition coefficient (Wildman–Crippen LogP) is -0.0490. The molecule has 0 saturated carbocycles. The summed E-state index contributed by atoms with van der Waals surface area (Å²) in [5.74, 6) is -1.72. The van der Waals surface area contributed by atoms with Crippen molar-refractivity contribution in [2.45, 2.75) is 6.92 Å². The fourth-order valence-electron chi connectivity index (χ4n) is 0.436. The standard InChI is InChI=1S/C5H8O5S/c1-4(10-5(2)6)3-11(7,8)9/h1,3H2,2H3,(H,7,8,9). The molecule has 11 heavy (non-hydrogen) atoms. The van der Waals surface area contributed by atoms with Crippen LogP contribution in [0.2, 0.25) is 0 Å².